The van der Waals surface area contributed by atoms with E-state index in [1.165, 1.54) is 11.1 Å². The summed E-state index contributed by atoms with van der Waals surface area (Å²) in [7, 11) is 0. The second-order valence-corrected chi connectivity index (χ2v) is 8.31. The van der Waals surface area contributed by atoms with Gasteiger partial charge in [-0.05, 0) is 35.4 Å². The number of fused-ring (bicyclic) bond motifs is 1. The Kier molecular flexibility index (Phi) is 8.67. The van der Waals surface area contributed by atoms with Gasteiger partial charge in [0.25, 0.3) is 0 Å². The van der Waals surface area contributed by atoms with Crippen molar-refractivity contribution in [3.05, 3.63) is 107 Å². The smallest absolute Gasteiger partial charge is 0.118 e. The molecule has 0 aliphatic heterocycles. The summed E-state index contributed by atoms with van der Waals surface area (Å²) in [5, 5.41) is 8.41. The number of benzene rings is 3. The highest BCUT2D eigenvalue weighted by molar-refractivity contribution is 6.31. The number of rotatable bonds is 12. The Morgan fingerprint density at radius 2 is 1.52 bits per heavy atom. The second-order valence-electron chi connectivity index (χ2n) is 7.87. The minimum absolute atomic E-state index is 0.409. The van der Waals surface area contributed by atoms with Gasteiger partial charge < -0.3 is 10.1 Å². The van der Waals surface area contributed by atoms with Gasteiger partial charge in [0.2, 0.25) is 0 Å². The molecule has 0 fully saturated rings. The molecule has 0 radical (unpaired) electrons. The van der Waals surface area contributed by atoms with E-state index in [4.69, 9.17) is 16.3 Å². The maximum atomic E-state index is 6.06. The first-order valence-corrected chi connectivity index (χ1v) is 11.5. The van der Waals surface area contributed by atoms with Crippen LogP contribution >= 0.6 is 11.6 Å². The Hall–Kier alpha value is -2.96. The Morgan fingerprint density at radius 1 is 0.818 bits per heavy atom. The zero-order chi connectivity index (χ0) is 22.7. The molecule has 0 aliphatic carbocycles. The second kappa shape index (κ2) is 12.3. The number of nitrogens with zero attached hydrogens (tertiary/aromatic N) is 2. The molecule has 0 spiro atoms. The van der Waals surface area contributed by atoms with E-state index in [-0.39, 0.29) is 0 Å². The predicted octanol–water partition coefficient (Wildman–Crippen LogP) is 5.52. The Morgan fingerprint density at radius 3 is 2.21 bits per heavy atom. The molecule has 1 aromatic heterocycles. The fourth-order valence-corrected chi connectivity index (χ4v) is 3.90. The van der Waals surface area contributed by atoms with Crippen LogP contribution in [0, 0.1) is 0 Å². The minimum Gasteiger partial charge on any atom is -0.362 e. The van der Waals surface area contributed by atoms with E-state index in [2.05, 4.69) is 81.2 Å². The van der Waals surface area contributed by atoms with Gasteiger partial charge in [0.15, 0.2) is 0 Å². The van der Waals surface area contributed by atoms with Crippen LogP contribution in [0.4, 0.5) is 5.69 Å². The maximum absolute atomic E-state index is 6.06. The molecule has 4 aromatic rings. The fourth-order valence-electron chi connectivity index (χ4n) is 3.73. The molecule has 33 heavy (non-hydrogen) atoms. The first-order valence-electron chi connectivity index (χ1n) is 11.1. The van der Waals surface area contributed by atoms with Gasteiger partial charge in [-0.1, -0.05) is 72.3 Å². The molecular weight excluding hydrogens is 432 g/mol. The molecule has 0 aliphatic rings. The minimum atomic E-state index is 0.409. The Bertz CT molecular complexity index is 1080. The van der Waals surface area contributed by atoms with Crippen LogP contribution in [0.5, 0.6) is 0 Å². The number of aromatic nitrogens is 1. The SMILES string of the molecule is Clc1ccc2c(NCOCNCCN(Cc3ccccc3)Cc3ccccc3)ccnc2c1. The molecular formula is C27H29ClN4O. The molecule has 0 amide bonds. The van der Waals surface area contributed by atoms with Crippen molar-refractivity contribution in [2.24, 2.45) is 0 Å². The third-order valence-corrected chi connectivity index (χ3v) is 5.61. The van der Waals surface area contributed by atoms with Crippen molar-refractivity contribution in [2.75, 3.05) is 31.9 Å². The summed E-state index contributed by atoms with van der Waals surface area (Å²) in [5.74, 6) is 0. The van der Waals surface area contributed by atoms with Gasteiger partial charge >= 0.3 is 0 Å². The fraction of sp³-hybridized carbons (Fsp3) is 0.222. The summed E-state index contributed by atoms with van der Waals surface area (Å²) >= 11 is 6.06. The maximum Gasteiger partial charge on any atom is 0.118 e. The first kappa shape index (κ1) is 23.2. The van der Waals surface area contributed by atoms with Gasteiger partial charge in [-0.15, -0.1) is 0 Å². The van der Waals surface area contributed by atoms with Crippen molar-refractivity contribution in [3.63, 3.8) is 0 Å². The highest BCUT2D eigenvalue weighted by Crippen LogP contribution is 2.24. The first-order chi connectivity index (χ1) is 16.3. The van der Waals surface area contributed by atoms with E-state index in [1.54, 1.807) is 6.20 Å². The van der Waals surface area contributed by atoms with Gasteiger partial charge in [-0.3, -0.25) is 15.2 Å². The van der Waals surface area contributed by atoms with Crippen LogP contribution in [0.25, 0.3) is 10.9 Å². The number of halogens is 1. The topological polar surface area (TPSA) is 49.4 Å². The van der Waals surface area contributed by atoms with E-state index in [9.17, 15) is 0 Å². The van der Waals surface area contributed by atoms with E-state index in [0.29, 0.717) is 18.5 Å². The van der Waals surface area contributed by atoms with Crippen LogP contribution in [0.2, 0.25) is 5.02 Å². The third-order valence-electron chi connectivity index (χ3n) is 5.38. The van der Waals surface area contributed by atoms with Crippen molar-refractivity contribution in [3.8, 4) is 0 Å². The average molecular weight is 461 g/mol. The van der Waals surface area contributed by atoms with Gasteiger partial charge in [0, 0.05) is 48.5 Å². The average Bonchev–Trinajstić information content (AvgIpc) is 2.84. The van der Waals surface area contributed by atoms with Crippen molar-refractivity contribution >= 4 is 28.2 Å². The molecule has 0 unspecified atom stereocenters. The summed E-state index contributed by atoms with van der Waals surface area (Å²) in [6, 6.07) is 28.8. The van der Waals surface area contributed by atoms with Gasteiger partial charge in [0.05, 0.1) is 12.2 Å². The lowest BCUT2D eigenvalue weighted by molar-refractivity contribution is 0.128. The summed E-state index contributed by atoms with van der Waals surface area (Å²) in [5.41, 5.74) is 4.48. The van der Waals surface area contributed by atoms with E-state index in [0.717, 1.165) is 42.8 Å². The highest BCUT2D eigenvalue weighted by Gasteiger charge is 2.07. The van der Waals surface area contributed by atoms with Crippen molar-refractivity contribution in [1.82, 2.24) is 15.2 Å². The summed E-state index contributed by atoms with van der Waals surface area (Å²) in [6.07, 6.45) is 1.77. The zero-order valence-electron chi connectivity index (χ0n) is 18.6. The van der Waals surface area contributed by atoms with Crippen molar-refractivity contribution in [2.45, 2.75) is 13.1 Å². The molecule has 6 heteroatoms. The summed E-state index contributed by atoms with van der Waals surface area (Å²) < 4.78 is 5.74. The molecule has 0 atom stereocenters. The van der Waals surface area contributed by atoms with Gasteiger partial charge in [0.1, 0.15) is 6.73 Å². The molecule has 4 rings (SSSR count). The number of nitrogens with one attached hydrogen (secondary N) is 2. The van der Waals surface area contributed by atoms with Crippen LogP contribution in [0.15, 0.2) is 91.1 Å². The Labute approximate surface area is 200 Å². The lowest BCUT2D eigenvalue weighted by Crippen LogP contribution is -2.32. The standard InChI is InChI=1S/C27H29ClN4O/c28-24-11-12-25-26(13-14-30-27(25)17-24)31-21-33-20-29-15-16-32(18-22-7-3-1-4-8-22)19-23-9-5-2-6-10-23/h1-14,17,29H,15-16,18-21H2,(H,30,31). The number of pyridine rings is 1. The molecule has 0 saturated heterocycles. The molecule has 2 N–H and O–H groups in total. The number of hydrogen-bond donors (Lipinski definition) is 2. The summed E-state index contributed by atoms with van der Waals surface area (Å²) in [6.45, 7) is 4.49. The molecule has 5 nitrogen and oxygen atoms in total. The van der Waals surface area contributed by atoms with Crippen LogP contribution in [0.1, 0.15) is 11.1 Å². The summed E-state index contributed by atoms with van der Waals surface area (Å²) in [4.78, 5) is 6.81. The lowest BCUT2D eigenvalue weighted by Gasteiger charge is -2.23. The highest BCUT2D eigenvalue weighted by atomic mass is 35.5. The number of anilines is 1. The van der Waals surface area contributed by atoms with E-state index >= 15 is 0 Å². The molecule has 3 aromatic carbocycles. The monoisotopic (exact) mass is 460 g/mol. The predicted molar refractivity (Wildman–Crippen MR) is 136 cm³/mol. The molecule has 1 heterocycles. The van der Waals surface area contributed by atoms with Crippen molar-refractivity contribution < 1.29 is 4.74 Å². The third kappa shape index (κ3) is 7.27. The van der Waals surface area contributed by atoms with Crippen LogP contribution < -0.4 is 10.6 Å². The number of ether oxygens (including phenoxy) is 1. The van der Waals surface area contributed by atoms with Gasteiger partial charge in [-0.2, -0.15) is 0 Å². The van der Waals surface area contributed by atoms with E-state index < -0.39 is 0 Å². The van der Waals surface area contributed by atoms with Crippen LogP contribution in [0.3, 0.4) is 0 Å². The zero-order valence-corrected chi connectivity index (χ0v) is 19.3. The molecule has 0 saturated carbocycles. The van der Waals surface area contributed by atoms with Crippen LogP contribution in [-0.4, -0.2) is 36.4 Å². The lowest BCUT2D eigenvalue weighted by atomic mass is 10.1. The Balaban J connectivity index is 1.21. The van der Waals surface area contributed by atoms with Crippen molar-refractivity contribution in [1.29, 1.82) is 0 Å². The molecule has 170 valence electrons. The van der Waals surface area contributed by atoms with Gasteiger partial charge in [-0.25, -0.2) is 0 Å². The van der Waals surface area contributed by atoms with Crippen LogP contribution in [-0.2, 0) is 17.8 Å². The largest absolute Gasteiger partial charge is 0.362 e. The normalized spacial score (nSPS) is 11.2. The molecule has 0 bridgehead atoms. The number of hydrogen-bond acceptors (Lipinski definition) is 5. The van der Waals surface area contributed by atoms with E-state index in [1.807, 2.05) is 24.3 Å². The quantitative estimate of drug-likeness (QED) is 0.215.